The van der Waals surface area contributed by atoms with Gasteiger partial charge < -0.3 is 0 Å². The third-order valence-corrected chi connectivity index (χ3v) is 19.0. The minimum absolute atomic E-state index is 0.130. The Kier molecular flexibility index (Phi) is 19.4. The third-order valence-electron chi connectivity index (χ3n) is 13.1. The minimum atomic E-state index is -0.781. The summed E-state index contributed by atoms with van der Waals surface area (Å²) in [5, 5.41) is 18.6. The number of rotatable bonds is 30. The van der Waals surface area contributed by atoms with Gasteiger partial charge in [0.1, 0.15) is 0 Å². The fraction of sp³-hybridized carbons (Fsp3) is 0.604. The van der Waals surface area contributed by atoms with Crippen molar-refractivity contribution in [1.29, 1.82) is 0 Å². The molecule has 0 saturated heterocycles. The standard InChI is InChI=1S/C53H74O4S3Se/c1-7-13-18-20-25-37(23-16-10-4)33-56-49-39-27-28-58-44(39)30-40-41(49)31-45-42(50(40)57-34-38(24-17-11-5)26-21-19-14-8-2)32-46(59-45)52-48-43(29-36(12-6)22-15-9-3)51(53(54)55)60-47(48)35-61-52/h27-28,30-32,35-38H,7-26,29,33-34H2,1-6H3,(H,54,55). The Hall–Kier alpha value is -2.35. The number of unbranched alkanes of at least 4 members (excludes halogenated alkanes) is 9. The number of carbonyl (C=O) groups is 1. The van der Waals surface area contributed by atoms with E-state index in [9.17, 15) is 9.90 Å². The van der Waals surface area contributed by atoms with Crippen LogP contribution in [0.3, 0.4) is 0 Å². The van der Waals surface area contributed by atoms with E-state index in [1.54, 1.807) is 11.3 Å². The van der Waals surface area contributed by atoms with Crippen molar-refractivity contribution in [2.45, 2.75) is 176 Å². The van der Waals surface area contributed by atoms with Gasteiger partial charge in [-0.2, -0.15) is 0 Å². The Balaban J connectivity index is 1.48. The van der Waals surface area contributed by atoms with Crippen LogP contribution in [0.15, 0.2) is 34.6 Å². The Morgan fingerprint density at radius 3 is 1.75 bits per heavy atom. The van der Waals surface area contributed by atoms with Crippen LogP contribution in [0.1, 0.15) is 185 Å². The van der Waals surface area contributed by atoms with Crippen LogP contribution < -0.4 is 9.47 Å². The molecule has 3 unspecified atom stereocenters. The van der Waals surface area contributed by atoms with E-state index in [0.29, 0.717) is 22.6 Å². The van der Waals surface area contributed by atoms with Gasteiger partial charge in [-0.05, 0) is 0 Å². The molecule has 1 N–H and O–H groups in total. The van der Waals surface area contributed by atoms with Crippen LogP contribution >= 0.6 is 34.0 Å². The van der Waals surface area contributed by atoms with Crippen LogP contribution in [-0.4, -0.2) is 38.8 Å². The molecular formula is C53H74O4S3Se. The second-order valence-corrected chi connectivity index (χ2v) is 22.8. The van der Waals surface area contributed by atoms with Crippen LogP contribution in [0.25, 0.3) is 50.3 Å². The number of hydrogen-bond donors (Lipinski definition) is 1. The van der Waals surface area contributed by atoms with Gasteiger partial charge in [-0.15, -0.1) is 0 Å². The molecule has 0 bridgehead atoms. The topological polar surface area (TPSA) is 55.8 Å². The molecule has 0 aliphatic heterocycles. The van der Waals surface area contributed by atoms with Crippen molar-refractivity contribution in [3.8, 4) is 20.8 Å². The van der Waals surface area contributed by atoms with E-state index in [-0.39, 0.29) is 14.5 Å². The maximum atomic E-state index is 12.8. The zero-order valence-electron chi connectivity index (χ0n) is 38.3. The summed E-state index contributed by atoms with van der Waals surface area (Å²) in [6, 6.07) is 9.45. The molecule has 2 aromatic carbocycles. The molecule has 6 rings (SSSR count). The second-order valence-electron chi connectivity index (χ2n) is 17.8. The van der Waals surface area contributed by atoms with E-state index >= 15 is 0 Å². The molecule has 8 heteroatoms. The number of fused-ring (bicyclic) bond motifs is 4. The number of thiophene rings is 3. The quantitative estimate of drug-likeness (QED) is 0.0361. The van der Waals surface area contributed by atoms with Crippen molar-refractivity contribution < 1.29 is 19.4 Å². The summed E-state index contributed by atoms with van der Waals surface area (Å²) in [4.78, 5) is 16.9. The molecule has 4 aromatic heterocycles. The molecule has 61 heavy (non-hydrogen) atoms. The molecule has 3 atom stereocenters. The van der Waals surface area contributed by atoms with Gasteiger partial charge in [-0.1, -0.05) is 52.9 Å². The third kappa shape index (κ3) is 12.3. The van der Waals surface area contributed by atoms with Gasteiger partial charge >= 0.3 is 335 Å². The van der Waals surface area contributed by atoms with Gasteiger partial charge in [0.05, 0.1) is 0 Å². The van der Waals surface area contributed by atoms with Gasteiger partial charge in [-0.3, -0.25) is 0 Å². The fourth-order valence-electron chi connectivity index (χ4n) is 9.32. The van der Waals surface area contributed by atoms with Crippen molar-refractivity contribution >= 4 is 95.5 Å². The SMILES string of the molecule is CCCCCCC(CCCC)COc1c2ccsc2cc2c(OCC(CCCC)CCCCCC)c3cc(-c4[se]cc5sc(C(=O)O)c(CC(CC)CCCC)c45)sc3cc12. The molecule has 0 saturated carbocycles. The van der Waals surface area contributed by atoms with Crippen molar-refractivity contribution in [2.75, 3.05) is 13.2 Å². The van der Waals surface area contributed by atoms with E-state index < -0.39 is 5.97 Å². The van der Waals surface area contributed by atoms with Gasteiger partial charge in [0.15, 0.2) is 0 Å². The average Bonchev–Trinajstić information content (AvgIpc) is 4.07. The summed E-state index contributed by atoms with van der Waals surface area (Å²) in [5.41, 5.74) is 1.07. The zero-order chi connectivity index (χ0) is 43.1. The molecule has 0 aliphatic carbocycles. The molecule has 0 fully saturated rings. The first-order chi connectivity index (χ1) is 29.8. The maximum absolute atomic E-state index is 12.8. The second kappa shape index (κ2) is 24.6. The Morgan fingerprint density at radius 2 is 1.18 bits per heavy atom. The fourth-order valence-corrected chi connectivity index (χ4v) is 15.2. The van der Waals surface area contributed by atoms with Crippen molar-refractivity contribution in [3.05, 3.63) is 45.0 Å². The molecule has 4 nitrogen and oxygen atoms in total. The average molecular weight is 950 g/mol. The number of carboxylic acid groups (broad SMARTS) is 1. The Bertz CT molecular complexity index is 2260. The summed E-state index contributed by atoms with van der Waals surface area (Å²) in [5.74, 6) is 2.81. The van der Waals surface area contributed by atoms with Gasteiger partial charge in [0, 0.05) is 0 Å². The van der Waals surface area contributed by atoms with Crippen molar-refractivity contribution in [2.24, 2.45) is 17.8 Å². The summed E-state index contributed by atoms with van der Waals surface area (Å²) in [6.07, 6.45) is 25.5. The van der Waals surface area contributed by atoms with Gasteiger partial charge in [0.2, 0.25) is 0 Å². The van der Waals surface area contributed by atoms with Crippen LogP contribution in [0.4, 0.5) is 0 Å². The summed E-state index contributed by atoms with van der Waals surface area (Å²) in [7, 11) is 0. The summed E-state index contributed by atoms with van der Waals surface area (Å²) < 4.78 is 19.4. The first kappa shape index (κ1) is 48.1. The molecule has 0 spiro atoms. The van der Waals surface area contributed by atoms with E-state index in [1.165, 1.54) is 162 Å². The van der Waals surface area contributed by atoms with E-state index in [0.717, 1.165) is 65.0 Å². The first-order valence-corrected chi connectivity index (χ1v) is 28.6. The number of aromatic carboxylic acids is 1. The van der Waals surface area contributed by atoms with Crippen LogP contribution in [0.2, 0.25) is 0 Å². The van der Waals surface area contributed by atoms with Crippen molar-refractivity contribution in [1.82, 2.24) is 0 Å². The van der Waals surface area contributed by atoms with Crippen LogP contribution in [0, 0.1) is 17.8 Å². The number of hydrogen-bond acceptors (Lipinski definition) is 6. The predicted octanol–water partition coefficient (Wildman–Crippen LogP) is 18.0. The predicted molar refractivity (Wildman–Crippen MR) is 271 cm³/mol. The molecule has 0 aliphatic rings. The van der Waals surface area contributed by atoms with E-state index in [4.69, 9.17) is 9.47 Å². The van der Waals surface area contributed by atoms with E-state index in [1.807, 2.05) is 11.3 Å². The molecule has 0 amide bonds. The molecule has 0 radical (unpaired) electrons. The summed E-state index contributed by atoms with van der Waals surface area (Å²) in [6.45, 7) is 15.2. The number of ether oxygens (including phenoxy) is 2. The van der Waals surface area contributed by atoms with Crippen LogP contribution in [0.5, 0.6) is 11.5 Å². The van der Waals surface area contributed by atoms with Crippen molar-refractivity contribution in [3.63, 3.8) is 0 Å². The van der Waals surface area contributed by atoms with Crippen LogP contribution in [-0.2, 0) is 6.42 Å². The molecular weight excluding hydrogens is 876 g/mol. The Morgan fingerprint density at radius 1 is 0.623 bits per heavy atom. The molecule has 4 heterocycles. The number of benzene rings is 2. The van der Waals surface area contributed by atoms with Gasteiger partial charge in [-0.25, -0.2) is 0 Å². The van der Waals surface area contributed by atoms with E-state index in [2.05, 4.69) is 76.1 Å². The number of carboxylic acids is 1. The first-order valence-electron chi connectivity index (χ1n) is 24.3. The Labute approximate surface area is 385 Å². The summed E-state index contributed by atoms with van der Waals surface area (Å²) >= 11 is 5.30. The zero-order valence-corrected chi connectivity index (χ0v) is 42.4. The monoisotopic (exact) mass is 950 g/mol. The normalized spacial score (nSPS) is 13.5. The molecule has 6 aromatic rings. The van der Waals surface area contributed by atoms with Gasteiger partial charge in [0.25, 0.3) is 0 Å². The molecule has 334 valence electrons.